The molecule has 2 rings (SSSR count). The molecule has 1 heterocycles. The van der Waals surface area contributed by atoms with Gasteiger partial charge in [0, 0.05) is 17.2 Å². The Balaban J connectivity index is 2.34. The molecular formula is C13H18F2N2. The van der Waals surface area contributed by atoms with Crippen LogP contribution in [0.25, 0.3) is 0 Å². The summed E-state index contributed by atoms with van der Waals surface area (Å²) < 4.78 is 26.8. The molecule has 1 saturated heterocycles. The van der Waals surface area contributed by atoms with Crippen LogP contribution in [-0.4, -0.2) is 32.1 Å². The summed E-state index contributed by atoms with van der Waals surface area (Å²) in [6.45, 7) is 1.83. The third kappa shape index (κ3) is 2.33. The van der Waals surface area contributed by atoms with E-state index in [1.165, 1.54) is 6.07 Å². The monoisotopic (exact) mass is 240 g/mol. The lowest BCUT2D eigenvalue weighted by Crippen LogP contribution is -2.49. The van der Waals surface area contributed by atoms with Gasteiger partial charge >= 0.3 is 0 Å². The number of piperidine rings is 1. The van der Waals surface area contributed by atoms with Gasteiger partial charge in [-0.15, -0.1) is 0 Å². The number of hydrogen-bond acceptors (Lipinski definition) is 2. The predicted molar refractivity (Wildman–Crippen MR) is 63.8 cm³/mol. The molecule has 0 radical (unpaired) electrons. The SMILES string of the molecule is CNC1(c2ccc(F)cc2F)CCN(C)CC1. The van der Waals surface area contributed by atoms with Crippen molar-refractivity contribution in [2.24, 2.45) is 0 Å². The van der Waals surface area contributed by atoms with Gasteiger partial charge in [-0.25, -0.2) is 8.78 Å². The maximum absolute atomic E-state index is 13.9. The van der Waals surface area contributed by atoms with E-state index in [0.29, 0.717) is 5.56 Å². The summed E-state index contributed by atoms with van der Waals surface area (Å²) in [5.41, 5.74) is 0.221. The van der Waals surface area contributed by atoms with Crippen LogP contribution >= 0.6 is 0 Å². The summed E-state index contributed by atoms with van der Waals surface area (Å²) in [7, 11) is 3.90. The van der Waals surface area contributed by atoms with Crippen molar-refractivity contribution in [2.75, 3.05) is 27.2 Å². The normalized spacial score (nSPS) is 20.5. The molecular weight excluding hydrogens is 222 g/mol. The van der Waals surface area contributed by atoms with Gasteiger partial charge in [0.2, 0.25) is 0 Å². The van der Waals surface area contributed by atoms with Crippen LogP contribution in [0.15, 0.2) is 18.2 Å². The Morgan fingerprint density at radius 2 is 1.88 bits per heavy atom. The molecule has 4 heteroatoms. The van der Waals surface area contributed by atoms with Crippen molar-refractivity contribution in [1.82, 2.24) is 10.2 Å². The molecule has 0 aliphatic carbocycles. The molecule has 94 valence electrons. The Bertz CT molecular complexity index is 398. The molecule has 0 aromatic heterocycles. The minimum atomic E-state index is -0.523. The van der Waals surface area contributed by atoms with Gasteiger partial charge in [-0.3, -0.25) is 0 Å². The summed E-state index contributed by atoms with van der Waals surface area (Å²) in [4.78, 5) is 2.22. The van der Waals surface area contributed by atoms with Gasteiger partial charge in [-0.2, -0.15) is 0 Å². The van der Waals surface area contributed by atoms with E-state index in [4.69, 9.17) is 0 Å². The smallest absolute Gasteiger partial charge is 0.131 e. The average Bonchev–Trinajstić information content (AvgIpc) is 2.31. The van der Waals surface area contributed by atoms with Crippen LogP contribution in [0.5, 0.6) is 0 Å². The van der Waals surface area contributed by atoms with Crippen molar-refractivity contribution in [1.29, 1.82) is 0 Å². The van der Waals surface area contributed by atoms with E-state index < -0.39 is 11.6 Å². The molecule has 1 N–H and O–H groups in total. The van der Waals surface area contributed by atoms with Crippen LogP contribution < -0.4 is 5.32 Å². The van der Waals surface area contributed by atoms with Gasteiger partial charge in [-0.1, -0.05) is 6.07 Å². The van der Waals surface area contributed by atoms with Crippen molar-refractivity contribution < 1.29 is 8.78 Å². The van der Waals surface area contributed by atoms with Crippen LogP contribution in [-0.2, 0) is 5.54 Å². The molecule has 0 atom stereocenters. The number of nitrogens with one attached hydrogen (secondary N) is 1. The van der Waals surface area contributed by atoms with Crippen LogP contribution in [0.3, 0.4) is 0 Å². The van der Waals surface area contributed by atoms with Gasteiger partial charge in [0.05, 0.1) is 0 Å². The lowest BCUT2D eigenvalue weighted by molar-refractivity contribution is 0.161. The molecule has 1 aliphatic heterocycles. The van der Waals surface area contributed by atoms with E-state index in [1.807, 2.05) is 7.05 Å². The molecule has 2 nitrogen and oxygen atoms in total. The molecule has 1 fully saturated rings. The van der Waals surface area contributed by atoms with Gasteiger partial charge in [0.25, 0.3) is 0 Å². The number of benzene rings is 1. The number of likely N-dealkylation sites (tertiary alicyclic amines) is 1. The van der Waals surface area contributed by atoms with E-state index in [9.17, 15) is 8.78 Å². The number of rotatable bonds is 2. The summed E-state index contributed by atoms with van der Waals surface area (Å²) in [6, 6.07) is 3.86. The van der Waals surface area contributed by atoms with Crippen molar-refractivity contribution in [2.45, 2.75) is 18.4 Å². The first-order valence-electron chi connectivity index (χ1n) is 5.90. The lowest BCUT2D eigenvalue weighted by atomic mass is 9.81. The van der Waals surface area contributed by atoms with E-state index in [1.54, 1.807) is 6.07 Å². The number of nitrogens with zero attached hydrogens (tertiary/aromatic N) is 1. The van der Waals surface area contributed by atoms with Crippen LogP contribution in [0.4, 0.5) is 8.78 Å². The summed E-state index contributed by atoms with van der Waals surface area (Å²) >= 11 is 0. The molecule has 0 spiro atoms. The highest BCUT2D eigenvalue weighted by Gasteiger charge is 2.35. The molecule has 0 amide bonds. The van der Waals surface area contributed by atoms with Crippen molar-refractivity contribution >= 4 is 0 Å². The molecule has 1 aromatic rings. The van der Waals surface area contributed by atoms with Gasteiger partial charge in [-0.05, 0) is 46.1 Å². The Labute approximate surface area is 101 Å². The quantitative estimate of drug-likeness (QED) is 0.851. The Kier molecular flexibility index (Phi) is 3.45. The average molecular weight is 240 g/mol. The first kappa shape index (κ1) is 12.5. The lowest BCUT2D eigenvalue weighted by Gasteiger charge is -2.41. The second-order valence-electron chi connectivity index (χ2n) is 4.76. The summed E-state index contributed by atoms with van der Waals surface area (Å²) in [5.74, 6) is -0.977. The summed E-state index contributed by atoms with van der Waals surface area (Å²) in [6.07, 6.45) is 1.67. The maximum Gasteiger partial charge on any atom is 0.131 e. The Morgan fingerprint density at radius 3 is 2.41 bits per heavy atom. The highest BCUT2D eigenvalue weighted by Crippen LogP contribution is 2.33. The molecule has 1 aromatic carbocycles. The first-order chi connectivity index (χ1) is 8.07. The van der Waals surface area contributed by atoms with E-state index >= 15 is 0 Å². The van der Waals surface area contributed by atoms with E-state index in [2.05, 4.69) is 17.3 Å². The second-order valence-corrected chi connectivity index (χ2v) is 4.76. The highest BCUT2D eigenvalue weighted by atomic mass is 19.1. The molecule has 0 bridgehead atoms. The van der Waals surface area contributed by atoms with Crippen molar-refractivity contribution in [3.63, 3.8) is 0 Å². The molecule has 0 unspecified atom stereocenters. The minimum absolute atomic E-state index is 0.357. The highest BCUT2D eigenvalue weighted by molar-refractivity contribution is 5.27. The number of halogens is 2. The summed E-state index contributed by atoms with van der Waals surface area (Å²) in [5, 5.41) is 3.23. The third-order valence-electron chi connectivity index (χ3n) is 3.77. The zero-order valence-electron chi connectivity index (χ0n) is 10.3. The largest absolute Gasteiger partial charge is 0.310 e. The van der Waals surface area contributed by atoms with Crippen LogP contribution in [0.1, 0.15) is 18.4 Å². The van der Waals surface area contributed by atoms with Gasteiger partial charge in [0.15, 0.2) is 0 Å². The zero-order valence-corrected chi connectivity index (χ0v) is 10.3. The fourth-order valence-electron chi connectivity index (χ4n) is 2.53. The molecule has 17 heavy (non-hydrogen) atoms. The van der Waals surface area contributed by atoms with E-state index in [-0.39, 0.29) is 5.54 Å². The van der Waals surface area contributed by atoms with E-state index in [0.717, 1.165) is 32.0 Å². The van der Waals surface area contributed by atoms with Gasteiger partial charge in [0.1, 0.15) is 11.6 Å². The fraction of sp³-hybridized carbons (Fsp3) is 0.538. The minimum Gasteiger partial charge on any atom is -0.310 e. The standard InChI is InChI=1S/C13H18F2N2/c1-16-13(5-7-17(2)8-6-13)11-4-3-10(14)9-12(11)15/h3-4,9,16H,5-8H2,1-2H3. The Morgan fingerprint density at radius 1 is 1.24 bits per heavy atom. The topological polar surface area (TPSA) is 15.3 Å². The first-order valence-corrected chi connectivity index (χ1v) is 5.90. The third-order valence-corrected chi connectivity index (χ3v) is 3.77. The number of hydrogen-bond donors (Lipinski definition) is 1. The maximum atomic E-state index is 13.9. The second kappa shape index (κ2) is 4.70. The predicted octanol–water partition coefficient (Wildman–Crippen LogP) is 2.11. The van der Waals surface area contributed by atoms with Gasteiger partial charge < -0.3 is 10.2 Å². The molecule has 1 aliphatic rings. The van der Waals surface area contributed by atoms with Crippen LogP contribution in [0, 0.1) is 11.6 Å². The van der Waals surface area contributed by atoms with Crippen molar-refractivity contribution in [3.05, 3.63) is 35.4 Å². The molecule has 0 saturated carbocycles. The van der Waals surface area contributed by atoms with Crippen LogP contribution in [0.2, 0.25) is 0 Å². The fourth-order valence-corrected chi connectivity index (χ4v) is 2.53. The van der Waals surface area contributed by atoms with Crippen molar-refractivity contribution in [3.8, 4) is 0 Å². The zero-order chi connectivity index (χ0) is 12.5. The Hall–Kier alpha value is -1.00.